The van der Waals surface area contributed by atoms with E-state index in [0.717, 1.165) is 34.0 Å². The van der Waals surface area contributed by atoms with Crippen LogP contribution in [-0.2, 0) is 11.2 Å². The van der Waals surface area contributed by atoms with Crippen molar-refractivity contribution in [3.8, 4) is 5.75 Å². The van der Waals surface area contributed by atoms with Gasteiger partial charge in [-0.25, -0.2) is 0 Å². The van der Waals surface area contributed by atoms with E-state index >= 15 is 0 Å². The fourth-order valence-corrected chi connectivity index (χ4v) is 2.54. The highest BCUT2D eigenvalue weighted by Crippen LogP contribution is 2.20. The molecule has 0 radical (unpaired) electrons. The van der Waals surface area contributed by atoms with Crippen LogP contribution in [-0.4, -0.2) is 26.1 Å². The van der Waals surface area contributed by atoms with Crippen LogP contribution >= 0.6 is 11.6 Å². The zero-order chi connectivity index (χ0) is 17.4. The molecular formula is C19H23ClN2O2. The Morgan fingerprint density at radius 3 is 2.71 bits per heavy atom. The SMILES string of the molecule is COc1ccccc1CCNC(=O)CCNc1ccc(C)c(Cl)c1. The summed E-state index contributed by atoms with van der Waals surface area (Å²) in [6, 6.07) is 13.6. The zero-order valence-electron chi connectivity index (χ0n) is 14.1. The Morgan fingerprint density at radius 2 is 1.96 bits per heavy atom. The Morgan fingerprint density at radius 1 is 1.17 bits per heavy atom. The molecule has 0 aromatic heterocycles. The molecule has 24 heavy (non-hydrogen) atoms. The number of rotatable bonds is 8. The molecule has 0 aliphatic carbocycles. The average molecular weight is 347 g/mol. The van der Waals surface area contributed by atoms with Crippen LogP contribution in [0.25, 0.3) is 0 Å². The Kier molecular flexibility index (Phi) is 6.94. The van der Waals surface area contributed by atoms with E-state index in [1.807, 2.05) is 49.4 Å². The van der Waals surface area contributed by atoms with Crippen LogP contribution in [0.5, 0.6) is 5.75 Å². The Balaban J connectivity index is 1.69. The molecule has 0 aliphatic heterocycles. The van der Waals surface area contributed by atoms with Gasteiger partial charge in [-0.1, -0.05) is 35.9 Å². The van der Waals surface area contributed by atoms with Crippen LogP contribution in [0.15, 0.2) is 42.5 Å². The van der Waals surface area contributed by atoms with Crippen molar-refractivity contribution in [2.45, 2.75) is 19.8 Å². The van der Waals surface area contributed by atoms with Crippen LogP contribution in [0.2, 0.25) is 5.02 Å². The highest BCUT2D eigenvalue weighted by Gasteiger charge is 2.04. The van der Waals surface area contributed by atoms with Gasteiger partial charge in [-0.3, -0.25) is 4.79 Å². The number of benzene rings is 2. The van der Waals surface area contributed by atoms with Gasteiger partial charge in [0.1, 0.15) is 5.75 Å². The summed E-state index contributed by atoms with van der Waals surface area (Å²) in [5, 5.41) is 6.86. The van der Waals surface area contributed by atoms with Crippen molar-refractivity contribution in [3.63, 3.8) is 0 Å². The molecule has 0 saturated carbocycles. The minimum atomic E-state index is 0.0237. The summed E-state index contributed by atoms with van der Waals surface area (Å²) in [5.74, 6) is 0.875. The fourth-order valence-electron chi connectivity index (χ4n) is 2.36. The van der Waals surface area contributed by atoms with E-state index in [9.17, 15) is 4.79 Å². The maximum Gasteiger partial charge on any atom is 0.221 e. The van der Waals surface area contributed by atoms with E-state index in [-0.39, 0.29) is 5.91 Å². The van der Waals surface area contributed by atoms with Crippen molar-refractivity contribution in [2.24, 2.45) is 0 Å². The molecule has 2 aromatic carbocycles. The summed E-state index contributed by atoms with van der Waals surface area (Å²) >= 11 is 6.08. The van der Waals surface area contributed by atoms with Gasteiger partial charge in [0.05, 0.1) is 7.11 Å². The maximum atomic E-state index is 11.9. The van der Waals surface area contributed by atoms with Crippen molar-refractivity contribution in [1.82, 2.24) is 5.32 Å². The third kappa shape index (κ3) is 5.46. The number of amides is 1. The van der Waals surface area contributed by atoms with Crippen LogP contribution in [0, 0.1) is 6.92 Å². The van der Waals surface area contributed by atoms with Gasteiger partial charge in [0, 0.05) is 30.2 Å². The van der Waals surface area contributed by atoms with E-state index in [1.54, 1.807) is 7.11 Å². The molecular weight excluding hydrogens is 324 g/mol. The lowest BCUT2D eigenvalue weighted by Crippen LogP contribution is -2.27. The monoisotopic (exact) mass is 346 g/mol. The molecule has 1 amide bonds. The van der Waals surface area contributed by atoms with Gasteiger partial charge in [0.2, 0.25) is 5.91 Å². The van der Waals surface area contributed by atoms with Gasteiger partial charge < -0.3 is 15.4 Å². The molecule has 0 spiro atoms. The summed E-state index contributed by atoms with van der Waals surface area (Å²) in [5.41, 5.74) is 3.05. The molecule has 0 fully saturated rings. The van der Waals surface area contributed by atoms with E-state index in [2.05, 4.69) is 10.6 Å². The minimum Gasteiger partial charge on any atom is -0.496 e. The van der Waals surface area contributed by atoms with Crippen LogP contribution in [0.4, 0.5) is 5.69 Å². The number of carbonyl (C=O) groups excluding carboxylic acids is 1. The van der Waals surface area contributed by atoms with Gasteiger partial charge in [-0.2, -0.15) is 0 Å². The Bertz CT molecular complexity index is 689. The smallest absolute Gasteiger partial charge is 0.221 e. The number of halogens is 1. The number of ether oxygens (including phenoxy) is 1. The predicted octanol–water partition coefficient (Wildman–Crippen LogP) is 3.82. The minimum absolute atomic E-state index is 0.0237. The van der Waals surface area contributed by atoms with Crippen molar-refractivity contribution in [3.05, 3.63) is 58.6 Å². The summed E-state index contributed by atoms with van der Waals surface area (Å²) in [6.45, 7) is 3.12. The fraction of sp³-hybridized carbons (Fsp3) is 0.316. The second-order valence-corrected chi connectivity index (χ2v) is 5.96. The van der Waals surface area contributed by atoms with Crippen LogP contribution in [0.1, 0.15) is 17.5 Å². The number of anilines is 1. The number of hydrogen-bond donors (Lipinski definition) is 2. The summed E-state index contributed by atoms with van der Waals surface area (Å²) < 4.78 is 5.30. The van der Waals surface area contributed by atoms with E-state index < -0.39 is 0 Å². The second-order valence-electron chi connectivity index (χ2n) is 5.55. The lowest BCUT2D eigenvalue weighted by molar-refractivity contribution is -0.120. The Labute approximate surface area is 148 Å². The molecule has 0 saturated heterocycles. The van der Waals surface area contributed by atoms with Gasteiger partial charge in [-0.15, -0.1) is 0 Å². The number of carbonyl (C=O) groups is 1. The normalized spacial score (nSPS) is 10.3. The largest absolute Gasteiger partial charge is 0.496 e. The van der Waals surface area contributed by atoms with E-state index in [0.29, 0.717) is 19.5 Å². The number of nitrogens with one attached hydrogen (secondary N) is 2. The molecule has 2 N–H and O–H groups in total. The third-order valence-corrected chi connectivity index (χ3v) is 4.17. The molecule has 0 unspecified atom stereocenters. The predicted molar refractivity (Wildman–Crippen MR) is 99.0 cm³/mol. The molecule has 4 nitrogen and oxygen atoms in total. The first-order valence-corrected chi connectivity index (χ1v) is 8.36. The lowest BCUT2D eigenvalue weighted by atomic mass is 10.1. The summed E-state index contributed by atoms with van der Waals surface area (Å²) in [7, 11) is 1.65. The molecule has 5 heteroatoms. The van der Waals surface area contributed by atoms with E-state index in [1.165, 1.54) is 0 Å². The molecule has 2 aromatic rings. The van der Waals surface area contributed by atoms with Gasteiger partial charge in [0.15, 0.2) is 0 Å². The standard InChI is InChI=1S/C19H23ClN2O2/c1-14-7-8-16(13-17(14)20)21-12-10-19(23)22-11-9-15-5-3-4-6-18(15)24-2/h3-8,13,21H,9-12H2,1-2H3,(H,22,23). The molecule has 0 aliphatic rings. The average Bonchev–Trinajstić information content (AvgIpc) is 2.58. The first-order valence-electron chi connectivity index (χ1n) is 7.99. The van der Waals surface area contributed by atoms with Gasteiger partial charge in [-0.05, 0) is 42.7 Å². The number of aryl methyl sites for hydroxylation is 1. The Hall–Kier alpha value is -2.20. The topological polar surface area (TPSA) is 50.4 Å². The molecule has 0 atom stereocenters. The van der Waals surface area contributed by atoms with Crippen molar-refractivity contribution >= 4 is 23.2 Å². The number of para-hydroxylation sites is 1. The second kappa shape index (κ2) is 9.18. The summed E-state index contributed by atoms with van der Waals surface area (Å²) in [6.07, 6.45) is 1.16. The zero-order valence-corrected chi connectivity index (χ0v) is 14.8. The first-order chi connectivity index (χ1) is 11.6. The third-order valence-electron chi connectivity index (χ3n) is 3.76. The highest BCUT2D eigenvalue weighted by atomic mass is 35.5. The van der Waals surface area contributed by atoms with Crippen molar-refractivity contribution < 1.29 is 9.53 Å². The first kappa shape index (κ1) is 18.1. The van der Waals surface area contributed by atoms with Gasteiger partial charge in [0.25, 0.3) is 0 Å². The quantitative estimate of drug-likeness (QED) is 0.764. The molecule has 128 valence electrons. The van der Waals surface area contributed by atoms with Crippen molar-refractivity contribution in [1.29, 1.82) is 0 Å². The highest BCUT2D eigenvalue weighted by molar-refractivity contribution is 6.31. The van der Waals surface area contributed by atoms with Crippen LogP contribution < -0.4 is 15.4 Å². The number of hydrogen-bond acceptors (Lipinski definition) is 3. The van der Waals surface area contributed by atoms with Gasteiger partial charge >= 0.3 is 0 Å². The van der Waals surface area contributed by atoms with Crippen LogP contribution in [0.3, 0.4) is 0 Å². The molecule has 0 heterocycles. The number of methoxy groups -OCH3 is 1. The summed E-state index contributed by atoms with van der Waals surface area (Å²) in [4.78, 5) is 11.9. The lowest BCUT2D eigenvalue weighted by Gasteiger charge is -2.10. The molecule has 0 bridgehead atoms. The van der Waals surface area contributed by atoms with Crippen molar-refractivity contribution in [2.75, 3.05) is 25.5 Å². The maximum absolute atomic E-state index is 11.9. The van der Waals surface area contributed by atoms with E-state index in [4.69, 9.17) is 16.3 Å². The molecule has 2 rings (SSSR count).